The molecule has 1 aromatic carbocycles. The van der Waals surface area contributed by atoms with E-state index in [1.165, 1.54) is 6.42 Å². The van der Waals surface area contributed by atoms with Crippen LogP contribution in [-0.4, -0.2) is 32.9 Å². The molecule has 4 heteroatoms. The van der Waals surface area contributed by atoms with E-state index in [4.69, 9.17) is 15.2 Å². The summed E-state index contributed by atoms with van der Waals surface area (Å²) in [5.41, 5.74) is 6.92. The molecule has 1 heterocycles. The van der Waals surface area contributed by atoms with Crippen LogP contribution in [0.25, 0.3) is 0 Å². The highest BCUT2D eigenvalue weighted by atomic mass is 16.5. The Labute approximate surface area is 108 Å². The third-order valence-corrected chi connectivity index (χ3v) is 3.44. The van der Waals surface area contributed by atoms with Crippen molar-refractivity contribution >= 4 is 5.69 Å². The van der Waals surface area contributed by atoms with Crippen LogP contribution in [0, 0.1) is 5.92 Å². The SMILES string of the molecule is COc1cccc(NC(CN)C2CCCOC2)c1. The van der Waals surface area contributed by atoms with Gasteiger partial charge in [0.2, 0.25) is 0 Å². The lowest BCUT2D eigenvalue weighted by molar-refractivity contribution is 0.0485. The van der Waals surface area contributed by atoms with Gasteiger partial charge in [0.25, 0.3) is 0 Å². The van der Waals surface area contributed by atoms with Crippen LogP contribution in [0.5, 0.6) is 5.75 Å². The molecule has 1 fully saturated rings. The summed E-state index contributed by atoms with van der Waals surface area (Å²) in [4.78, 5) is 0. The molecule has 0 aliphatic carbocycles. The van der Waals surface area contributed by atoms with Gasteiger partial charge in [-0.2, -0.15) is 0 Å². The van der Waals surface area contributed by atoms with Crippen LogP contribution < -0.4 is 15.8 Å². The first-order valence-electron chi connectivity index (χ1n) is 6.52. The molecule has 0 saturated carbocycles. The van der Waals surface area contributed by atoms with Gasteiger partial charge in [-0.25, -0.2) is 0 Å². The van der Waals surface area contributed by atoms with E-state index in [0.29, 0.717) is 12.5 Å². The van der Waals surface area contributed by atoms with Crippen LogP contribution in [0.15, 0.2) is 24.3 Å². The van der Waals surface area contributed by atoms with Crippen molar-refractivity contribution < 1.29 is 9.47 Å². The van der Waals surface area contributed by atoms with Crippen molar-refractivity contribution in [1.29, 1.82) is 0 Å². The van der Waals surface area contributed by atoms with Crippen LogP contribution in [-0.2, 0) is 4.74 Å². The van der Waals surface area contributed by atoms with Gasteiger partial charge >= 0.3 is 0 Å². The smallest absolute Gasteiger partial charge is 0.120 e. The van der Waals surface area contributed by atoms with Crippen molar-refractivity contribution in [2.24, 2.45) is 11.7 Å². The van der Waals surface area contributed by atoms with Gasteiger partial charge < -0.3 is 20.5 Å². The molecule has 0 amide bonds. The van der Waals surface area contributed by atoms with Crippen LogP contribution >= 0.6 is 0 Å². The number of ether oxygens (including phenoxy) is 2. The second-order valence-corrected chi connectivity index (χ2v) is 4.70. The summed E-state index contributed by atoms with van der Waals surface area (Å²) >= 11 is 0. The third kappa shape index (κ3) is 3.37. The van der Waals surface area contributed by atoms with Gasteiger partial charge in [-0.1, -0.05) is 6.07 Å². The van der Waals surface area contributed by atoms with Gasteiger partial charge in [0.1, 0.15) is 5.75 Å². The fraction of sp³-hybridized carbons (Fsp3) is 0.571. The molecule has 2 atom stereocenters. The molecule has 1 aliphatic rings. The molecule has 2 unspecified atom stereocenters. The Balaban J connectivity index is 1.99. The van der Waals surface area contributed by atoms with E-state index < -0.39 is 0 Å². The number of anilines is 1. The monoisotopic (exact) mass is 250 g/mol. The lowest BCUT2D eigenvalue weighted by atomic mass is 9.93. The highest BCUT2D eigenvalue weighted by molar-refractivity contribution is 5.49. The molecule has 3 N–H and O–H groups in total. The van der Waals surface area contributed by atoms with Gasteiger partial charge in [0.05, 0.1) is 13.7 Å². The van der Waals surface area contributed by atoms with E-state index in [1.807, 2.05) is 24.3 Å². The number of nitrogens with one attached hydrogen (secondary N) is 1. The van der Waals surface area contributed by atoms with E-state index >= 15 is 0 Å². The average molecular weight is 250 g/mol. The molecule has 0 radical (unpaired) electrons. The summed E-state index contributed by atoms with van der Waals surface area (Å²) in [7, 11) is 1.68. The zero-order chi connectivity index (χ0) is 12.8. The van der Waals surface area contributed by atoms with Crippen molar-refractivity contribution in [3.05, 3.63) is 24.3 Å². The highest BCUT2D eigenvalue weighted by Gasteiger charge is 2.23. The Morgan fingerprint density at radius 3 is 3.11 bits per heavy atom. The topological polar surface area (TPSA) is 56.5 Å². The second-order valence-electron chi connectivity index (χ2n) is 4.70. The number of methoxy groups -OCH3 is 1. The molecule has 100 valence electrons. The van der Waals surface area contributed by atoms with Crippen LogP contribution in [0.3, 0.4) is 0 Å². The normalized spacial score (nSPS) is 21.3. The average Bonchev–Trinajstić information content (AvgIpc) is 2.46. The summed E-state index contributed by atoms with van der Waals surface area (Å²) in [5.74, 6) is 1.35. The Bertz CT molecular complexity index is 365. The second kappa shape index (κ2) is 6.61. The molecule has 1 aromatic rings. The maximum Gasteiger partial charge on any atom is 0.120 e. The molecule has 2 rings (SSSR count). The van der Waals surface area contributed by atoms with E-state index in [9.17, 15) is 0 Å². The minimum Gasteiger partial charge on any atom is -0.497 e. The zero-order valence-electron chi connectivity index (χ0n) is 10.9. The molecule has 1 aliphatic heterocycles. The first kappa shape index (κ1) is 13.2. The van der Waals surface area contributed by atoms with Crippen molar-refractivity contribution in [3.63, 3.8) is 0 Å². The van der Waals surface area contributed by atoms with Gasteiger partial charge in [0.15, 0.2) is 0 Å². The summed E-state index contributed by atoms with van der Waals surface area (Å²) in [5, 5.41) is 3.49. The highest BCUT2D eigenvalue weighted by Crippen LogP contribution is 2.22. The maximum absolute atomic E-state index is 5.87. The first-order valence-corrected chi connectivity index (χ1v) is 6.52. The fourth-order valence-corrected chi connectivity index (χ4v) is 2.38. The molecular formula is C14H22N2O2. The predicted octanol–water partition coefficient (Wildman–Crippen LogP) is 1.86. The third-order valence-electron chi connectivity index (χ3n) is 3.44. The minimum absolute atomic E-state index is 0.261. The first-order chi connectivity index (χ1) is 8.83. The minimum atomic E-state index is 0.261. The Kier molecular flexibility index (Phi) is 4.84. The predicted molar refractivity (Wildman–Crippen MR) is 73.0 cm³/mol. The summed E-state index contributed by atoms with van der Waals surface area (Å²) in [6, 6.07) is 8.21. The summed E-state index contributed by atoms with van der Waals surface area (Å²) in [6.07, 6.45) is 2.31. The van der Waals surface area contributed by atoms with E-state index in [1.54, 1.807) is 7.11 Å². The van der Waals surface area contributed by atoms with Crippen LogP contribution in [0.1, 0.15) is 12.8 Å². The summed E-state index contributed by atoms with van der Waals surface area (Å²) < 4.78 is 10.7. The van der Waals surface area contributed by atoms with E-state index in [2.05, 4.69) is 5.32 Å². The van der Waals surface area contributed by atoms with Crippen molar-refractivity contribution in [3.8, 4) is 5.75 Å². The summed E-state index contributed by atoms with van der Waals surface area (Å²) in [6.45, 7) is 2.30. The Morgan fingerprint density at radius 2 is 2.44 bits per heavy atom. The molecule has 0 aromatic heterocycles. The molecule has 4 nitrogen and oxygen atoms in total. The van der Waals surface area contributed by atoms with Crippen LogP contribution in [0.2, 0.25) is 0 Å². The molecule has 1 saturated heterocycles. The van der Waals surface area contributed by atoms with Gasteiger partial charge in [-0.15, -0.1) is 0 Å². The maximum atomic E-state index is 5.87. The van der Waals surface area contributed by atoms with Crippen molar-refractivity contribution in [1.82, 2.24) is 0 Å². The number of hydrogen-bond acceptors (Lipinski definition) is 4. The number of hydrogen-bond donors (Lipinski definition) is 2. The zero-order valence-corrected chi connectivity index (χ0v) is 10.9. The van der Waals surface area contributed by atoms with E-state index in [-0.39, 0.29) is 6.04 Å². The van der Waals surface area contributed by atoms with Gasteiger partial charge in [-0.05, 0) is 25.0 Å². The quantitative estimate of drug-likeness (QED) is 0.837. The number of nitrogens with two attached hydrogens (primary N) is 1. The number of benzene rings is 1. The molecular weight excluding hydrogens is 228 g/mol. The molecule has 0 bridgehead atoms. The standard InChI is InChI=1S/C14H22N2O2/c1-17-13-6-2-5-12(8-13)16-14(9-15)11-4-3-7-18-10-11/h2,5-6,8,11,14,16H,3-4,7,9-10,15H2,1H3. The number of rotatable bonds is 5. The fourth-order valence-electron chi connectivity index (χ4n) is 2.38. The molecule has 18 heavy (non-hydrogen) atoms. The van der Waals surface area contributed by atoms with Gasteiger partial charge in [-0.3, -0.25) is 0 Å². The largest absolute Gasteiger partial charge is 0.497 e. The Morgan fingerprint density at radius 1 is 1.56 bits per heavy atom. The lowest BCUT2D eigenvalue weighted by Gasteiger charge is -2.30. The lowest BCUT2D eigenvalue weighted by Crippen LogP contribution is -2.40. The van der Waals surface area contributed by atoms with E-state index in [0.717, 1.165) is 31.1 Å². The van der Waals surface area contributed by atoms with Crippen molar-refractivity contribution in [2.75, 3.05) is 32.2 Å². The molecule has 0 spiro atoms. The van der Waals surface area contributed by atoms with Crippen molar-refractivity contribution in [2.45, 2.75) is 18.9 Å². The Hall–Kier alpha value is -1.26. The van der Waals surface area contributed by atoms with Crippen LogP contribution in [0.4, 0.5) is 5.69 Å². The van der Waals surface area contributed by atoms with Gasteiger partial charge in [0, 0.05) is 36.9 Å².